The van der Waals surface area contributed by atoms with Gasteiger partial charge in [0.15, 0.2) is 5.78 Å². The third-order valence-corrected chi connectivity index (χ3v) is 3.31. The van der Waals surface area contributed by atoms with Crippen molar-refractivity contribution in [2.45, 2.75) is 46.0 Å². The molecule has 1 N–H and O–H groups in total. The molecule has 0 aliphatic rings. The lowest BCUT2D eigenvalue weighted by atomic mass is 9.98. The zero-order valence-corrected chi connectivity index (χ0v) is 13.3. The van der Waals surface area contributed by atoms with Gasteiger partial charge >= 0.3 is 11.7 Å². The Hall–Kier alpha value is -2.44. The maximum absolute atomic E-state index is 12.3. The molecule has 0 saturated heterocycles. The van der Waals surface area contributed by atoms with E-state index in [1.165, 1.54) is 0 Å². The van der Waals surface area contributed by atoms with Crippen LogP contribution in [0.4, 0.5) is 5.69 Å². The number of benzene rings is 1. The van der Waals surface area contributed by atoms with Crippen molar-refractivity contribution >= 4 is 17.4 Å². The second-order valence-electron chi connectivity index (χ2n) is 5.13. The molecular weight excluding hydrogens is 302 g/mol. The van der Waals surface area contributed by atoms with Crippen molar-refractivity contribution in [1.29, 1.82) is 0 Å². The van der Waals surface area contributed by atoms with Crippen molar-refractivity contribution in [3.05, 3.63) is 33.4 Å². The average molecular weight is 323 g/mol. The number of nitro benzene ring substituents is 1. The number of nitro groups is 1. The van der Waals surface area contributed by atoms with Gasteiger partial charge in [0.1, 0.15) is 0 Å². The smallest absolute Gasteiger partial charge is 0.336 e. The predicted molar refractivity (Wildman–Crippen MR) is 84.3 cm³/mol. The summed E-state index contributed by atoms with van der Waals surface area (Å²) in [5, 5.41) is 20.5. The molecule has 0 aromatic heterocycles. The van der Waals surface area contributed by atoms with Crippen molar-refractivity contribution in [3.8, 4) is 5.75 Å². The molecule has 1 rings (SSSR count). The fourth-order valence-corrected chi connectivity index (χ4v) is 2.19. The molecule has 0 amide bonds. The summed E-state index contributed by atoms with van der Waals surface area (Å²) in [6.45, 7) is 3.98. The van der Waals surface area contributed by atoms with Crippen LogP contribution in [0, 0.1) is 10.1 Å². The van der Waals surface area contributed by atoms with Crippen LogP contribution in [-0.2, 0) is 0 Å². The van der Waals surface area contributed by atoms with Gasteiger partial charge in [0.05, 0.1) is 22.7 Å². The number of ketones is 1. The fourth-order valence-electron chi connectivity index (χ4n) is 2.19. The van der Waals surface area contributed by atoms with E-state index in [-0.39, 0.29) is 35.6 Å². The first kappa shape index (κ1) is 18.6. The van der Waals surface area contributed by atoms with Gasteiger partial charge in [-0.1, -0.05) is 26.7 Å². The molecule has 0 aliphatic heterocycles. The second kappa shape index (κ2) is 8.87. The highest BCUT2D eigenvalue weighted by molar-refractivity contribution is 6.08. The Morgan fingerprint density at radius 1 is 1.22 bits per heavy atom. The van der Waals surface area contributed by atoms with Crippen molar-refractivity contribution < 1.29 is 24.4 Å². The van der Waals surface area contributed by atoms with E-state index >= 15 is 0 Å². The predicted octanol–water partition coefficient (Wildman–Crippen LogP) is 3.84. The summed E-state index contributed by atoms with van der Waals surface area (Å²) in [7, 11) is 0. The molecule has 126 valence electrons. The Bertz CT molecular complexity index is 596. The van der Waals surface area contributed by atoms with Gasteiger partial charge in [0.25, 0.3) is 0 Å². The minimum Gasteiger partial charge on any atom is -0.486 e. The van der Waals surface area contributed by atoms with Gasteiger partial charge in [0.2, 0.25) is 5.75 Å². The zero-order chi connectivity index (χ0) is 17.4. The molecule has 0 aliphatic carbocycles. The molecule has 7 heteroatoms. The number of hydrogen-bond acceptors (Lipinski definition) is 5. The minimum absolute atomic E-state index is 0.104. The monoisotopic (exact) mass is 323 g/mol. The Morgan fingerprint density at radius 3 is 2.43 bits per heavy atom. The summed E-state index contributed by atoms with van der Waals surface area (Å²) in [4.78, 5) is 34.2. The molecule has 0 heterocycles. The van der Waals surface area contributed by atoms with Crippen molar-refractivity contribution in [2.75, 3.05) is 6.61 Å². The van der Waals surface area contributed by atoms with Crippen molar-refractivity contribution in [1.82, 2.24) is 0 Å². The Labute approximate surface area is 134 Å². The van der Waals surface area contributed by atoms with E-state index in [1.54, 1.807) is 6.92 Å². The van der Waals surface area contributed by atoms with Crippen molar-refractivity contribution in [3.63, 3.8) is 0 Å². The van der Waals surface area contributed by atoms with Gasteiger partial charge in [-0.2, -0.15) is 0 Å². The van der Waals surface area contributed by atoms with E-state index in [1.807, 2.05) is 6.92 Å². The lowest BCUT2D eigenvalue weighted by Crippen LogP contribution is -2.13. The molecule has 0 fully saturated rings. The quantitative estimate of drug-likeness (QED) is 0.303. The highest BCUT2D eigenvalue weighted by Crippen LogP contribution is 2.35. The normalized spacial score (nSPS) is 10.3. The number of nitrogens with zero attached hydrogens (tertiary/aromatic N) is 1. The number of unbranched alkanes of at least 4 members (excludes halogenated alkanes) is 2. The maximum atomic E-state index is 12.3. The standard InChI is InChI=1S/C16H21NO6/c1-3-5-6-10-23-15-12(17(21)22)9-8-11(16(19)20)14(15)13(18)7-4-2/h8-9H,3-7,10H2,1-2H3,(H,19,20). The molecule has 1 aromatic rings. The van der Waals surface area contributed by atoms with Crippen LogP contribution >= 0.6 is 0 Å². The van der Waals surface area contributed by atoms with Gasteiger partial charge in [-0.3, -0.25) is 14.9 Å². The minimum atomic E-state index is -1.31. The molecule has 0 saturated carbocycles. The van der Waals surface area contributed by atoms with Gasteiger partial charge in [0, 0.05) is 12.5 Å². The average Bonchev–Trinajstić information content (AvgIpc) is 2.50. The van der Waals surface area contributed by atoms with Gasteiger partial charge in [-0.05, 0) is 18.9 Å². The zero-order valence-electron chi connectivity index (χ0n) is 13.3. The summed E-state index contributed by atoms with van der Waals surface area (Å²) >= 11 is 0. The number of rotatable bonds is 10. The molecule has 0 spiro atoms. The number of carboxylic acids is 1. The Kier molecular flexibility index (Phi) is 7.18. The maximum Gasteiger partial charge on any atom is 0.336 e. The van der Waals surface area contributed by atoms with Gasteiger partial charge in [-0.25, -0.2) is 4.79 Å². The molecule has 0 unspecified atom stereocenters. The van der Waals surface area contributed by atoms with Crippen LogP contribution in [-0.4, -0.2) is 28.4 Å². The van der Waals surface area contributed by atoms with Crippen LogP contribution in [0.2, 0.25) is 0 Å². The van der Waals surface area contributed by atoms with Gasteiger partial charge < -0.3 is 9.84 Å². The van der Waals surface area contributed by atoms with Crippen LogP contribution in [0.5, 0.6) is 5.75 Å². The molecule has 1 aromatic carbocycles. The third-order valence-electron chi connectivity index (χ3n) is 3.31. The molecule has 0 radical (unpaired) electrons. The molecule has 0 atom stereocenters. The summed E-state index contributed by atoms with van der Waals surface area (Å²) in [5.74, 6) is -2.00. The SMILES string of the molecule is CCCCCOc1c([N+](=O)[O-])ccc(C(=O)O)c1C(=O)CCC. The van der Waals surface area contributed by atoms with Crippen LogP contribution < -0.4 is 4.74 Å². The van der Waals surface area contributed by atoms with E-state index in [2.05, 4.69) is 0 Å². The number of ether oxygens (including phenoxy) is 1. The van der Waals surface area contributed by atoms with E-state index in [9.17, 15) is 24.8 Å². The van der Waals surface area contributed by atoms with E-state index in [0.29, 0.717) is 12.8 Å². The third kappa shape index (κ3) is 4.77. The number of carbonyl (C=O) groups excluding carboxylic acids is 1. The highest BCUT2D eigenvalue weighted by Gasteiger charge is 2.28. The first-order valence-corrected chi connectivity index (χ1v) is 7.64. The van der Waals surface area contributed by atoms with Crippen molar-refractivity contribution in [2.24, 2.45) is 0 Å². The van der Waals surface area contributed by atoms with E-state index < -0.39 is 16.7 Å². The number of hydrogen-bond donors (Lipinski definition) is 1. The van der Waals surface area contributed by atoms with Crippen LogP contribution in [0.3, 0.4) is 0 Å². The van der Waals surface area contributed by atoms with E-state index in [4.69, 9.17) is 4.74 Å². The van der Waals surface area contributed by atoms with Gasteiger partial charge in [-0.15, -0.1) is 0 Å². The summed E-state index contributed by atoms with van der Waals surface area (Å²) in [5.41, 5.74) is -0.851. The fraction of sp³-hybridized carbons (Fsp3) is 0.500. The number of Topliss-reactive ketones (excluding diaryl/α,β-unsaturated/α-hetero) is 1. The summed E-state index contributed by atoms with van der Waals surface area (Å²) in [6.07, 6.45) is 3.11. The Morgan fingerprint density at radius 2 is 1.91 bits per heavy atom. The topological polar surface area (TPSA) is 107 Å². The molecule has 0 bridgehead atoms. The molecular formula is C16H21NO6. The largest absolute Gasteiger partial charge is 0.486 e. The Balaban J connectivity index is 3.37. The van der Waals surface area contributed by atoms with Crippen LogP contribution in [0.1, 0.15) is 66.7 Å². The van der Waals surface area contributed by atoms with E-state index in [0.717, 1.165) is 25.0 Å². The molecule has 7 nitrogen and oxygen atoms in total. The number of aromatic carboxylic acids is 1. The first-order valence-electron chi connectivity index (χ1n) is 7.64. The van der Waals surface area contributed by atoms with Crippen LogP contribution in [0.15, 0.2) is 12.1 Å². The first-order chi connectivity index (χ1) is 10.9. The lowest BCUT2D eigenvalue weighted by Gasteiger charge is -2.13. The number of carboxylic acid groups (broad SMARTS) is 1. The molecule has 23 heavy (non-hydrogen) atoms. The highest BCUT2D eigenvalue weighted by atomic mass is 16.6. The summed E-state index contributed by atoms with van der Waals surface area (Å²) < 4.78 is 5.46. The van der Waals surface area contributed by atoms with Crippen LogP contribution in [0.25, 0.3) is 0 Å². The lowest BCUT2D eigenvalue weighted by molar-refractivity contribution is -0.385. The second-order valence-corrected chi connectivity index (χ2v) is 5.13. The summed E-state index contributed by atoms with van der Waals surface area (Å²) in [6, 6.07) is 2.16. The number of carbonyl (C=O) groups is 2.